The molecular formula is C12H22O3Si. The number of carbonyl (C=O) groups is 1. The van der Waals surface area contributed by atoms with E-state index in [0.29, 0.717) is 12.2 Å². The smallest absolute Gasteiger partial charge is 0.335 e. The monoisotopic (exact) mass is 242 g/mol. The van der Waals surface area contributed by atoms with Crippen LogP contribution in [0.15, 0.2) is 12.2 Å². The van der Waals surface area contributed by atoms with Gasteiger partial charge in [-0.05, 0) is 19.8 Å². The molecule has 1 aliphatic rings. The summed E-state index contributed by atoms with van der Waals surface area (Å²) in [5, 5.41) is 0. The summed E-state index contributed by atoms with van der Waals surface area (Å²) in [6, 6.07) is 0. The van der Waals surface area contributed by atoms with Crippen molar-refractivity contribution in [3.8, 4) is 0 Å². The van der Waals surface area contributed by atoms with Gasteiger partial charge in [-0.15, -0.1) is 0 Å². The molecule has 0 bridgehead atoms. The van der Waals surface area contributed by atoms with Gasteiger partial charge in [0.1, 0.15) is 8.07 Å². The standard InChI is InChI=1S/C12H22O3Si/c1-10(2)11(13)15-12(16(3,4)5)8-6-7-9-14-12/h1,6-9H2,2-5H3. The van der Waals surface area contributed by atoms with Crippen LogP contribution in [-0.4, -0.2) is 26.1 Å². The zero-order valence-electron chi connectivity index (χ0n) is 10.8. The largest absolute Gasteiger partial charge is 0.434 e. The molecule has 1 unspecified atom stereocenters. The first kappa shape index (κ1) is 13.5. The Morgan fingerprint density at radius 2 is 2.00 bits per heavy atom. The zero-order valence-corrected chi connectivity index (χ0v) is 11.8. The zero-order chi connectivity index (χ0) is 12.4. The molecule has 0 aliphatic carbocycles. The van der Waals surface area contributed by atoms with Gasteiger partial charge in [-0.3, -0.25) is 0 Å². The van der Waals surface area contributed by atoms with Crippen LogP contribution in [0.5, 0.6) is 0 Å². The summed E-state index contributed by atoms with van der Waals surface area (Å²) in [6.07, 6.45) is 2.94. The Morgan fingerprint density at radius 1 is 1.38 bits per heavy atom. The molecule has 0 aromatic rings. The first-order valence-corrected chi connectivity index (χ1v) is 9.31. The van der Waals surface area contributed by atoms with Crippen LogP contribution in [0.25, 0.3) is 0 Å². The molecule has 92 valence electrons. The van der Waals surface area contributed by atoms with Gasteiger partial charge in [-0.1, -0.05) is 26.2 Å². The maximum atomic E-state index is 11.7. The molecule has 1 saturated heterocycles. The van der Waals surface area contributed by atoms with E-state index in [9.17, 15) is 4.79 Å². The Morgan fingerprint density at radius 3 is 2.38 bits per heavy atom. The fourth-order valence-corrected chi connectivity index (χ4v) is 3.69. The van der Waals surface area contributed by atoms with Crippen LogP contribution in [0, 0.1) is 0 Å². The van der Waals surface area contributed by atoms with Gasteiger partial charge >= 0.3 is 5.97 Å². The topological polar surface area (TPSA) is 35.5 Å². The van der Waals surface area contributed by atoms with E-state index in [-0.39, 0.29) is 5.97 Å². The SMILES string of the molecule is C=C(C)C(=O)OC1([Si](C)(C)C)CCCCO1. The number of esters is 1. The highest BCUT2D eigenvalue weighted by atomic mass is 28.3. The molecular weight excluding hydrogens is 220 g/mol. The van der Waals surface area contributed by atoms with Crippen LogP contribution >= 0.6 is 0 Å². The first-order chi connectivity index (χ1) is 7.28. The molecule has 0 aromatic carbocycles. The lowest BCUT2D eigenvalue weighted by Crippen LogP contribution is -2.58. The molecule has 1 rings (SSSR count). The molecule has 16 heavy (non-hydrogen) atoms. The highest BCUT2D eigenvalue weighted by Crippen LogP contribution is 2.35. The van der Waals surface area contributed by atoms with Crippen molar-refractivity contribution in [1.29, 1.82) is 0 Å². The van der Waals surface area contributed by atoms with Crippen molar-refractivity contribution in [2.45, 2.75) is 51.2 Å². The highest BCUT2D eigenvalue weighted by molar-refractivity contribution is 6.78. The van der Waals surface area contributed by atoms with Crippen LogP contribution in [0.4, 0.5) is 0 Å². The van der Waals surface area contributed by atoms with Crippen LogP contribution in [-0.2, 0) is 14.3 Å². The Labute approximate surface area is 98.8 Å². The van der Waals surface area contributed by atoms with Crippen LogP contribution in [0.3, 0.4) is 0 Å². The van der Waals surface area contributed by atoms with Gasteiger partial charge in [0.2, 0.25) is 0 Å². The fraction of sp³-hybridized carbons (Fsp3) is 0.750. The van der Waals surface area contributed by atoms with Crippen molar-refractivity contribution in [1.82, 2.24) is 0 Å². The number of hydrogen-bond acceptors (Lipinski definition) is 3. The van der Waals surface area contributed by atoms with E-state index in [1.54, 1.807) is 6.92 Å². The molecule has 0 amide bonds. The van der Waals surface area contributed by atoms with Gasteiger partial charge in [-0.2, -0.15) is 0 Å². The van der Waals surface area contributed by atoms with Gasteiger partial charge in [0, 0.05) is 12.0 Å². The van der Waals surface area contributed by atoms with E-state index in [4.69, 9.17) is 9.47 Å². The normalized spacial score (nSPS) is 26.2. The average Bonchev–Trinajstić information content (AvgIpc) is 2.17. The minimum absolute atomic E-state index is 0.329. The summed E-state index contributed by atoms with van der Waals surface area (Å²) in [5.74, 6) is -0.329. The van der Waals surface area contributed by atoms with Gasteiger partial charge in [-0.25, -0.2) is 4.79 Å². The predicted molar refractivity (Wildman–Crippen MR) is 66.8 cm³/mol. The molecule has 1 atom stereocenters. The molecule has 0 aromatic heterocycles. The lowest BCUT2D eigenvalue weighted by molar-refractivity contribution is -0.207. The molecule has 0 radical (unpaired) electrons. The third-order valence-corrected chi connectivity index (χ3v) is 5.77. The van der Waals surface area contributed by atoms with E-state index in [2.05, 4.69) is 26.2 Å². The molecule has 1 heterocycles. The second-order valence-corrected chi connectivity index (χ2v) is 10.7. The summed E-state index contributed by atoms with van der Waals surface area (Å²) in [7, 11) is -1.72. The first-order valence-electron chi connectivity index (χ1n) is 5.81. The number of carbonyl (C=O) groups excluding carboxylic acids is 1. The third kappa shape index (κ3) is 2.74. The number of ether oxygens (including phenoxy) is 2. The lowest BCUT2D eigenvalue weighted by atomic mass is 10.2. The van der Waals surface area contributed by atoms with Crippen molar-refractivity contribution < 1.29 is 14.3 Å². The second-order valence-electron chi connectivity index (χ2n) is 5.48. The van der Waals surface area contributed by atoms with E-state index >= 15 is 0 Å². The van der Waals surface area contributed by atoms with Gasteiger partial charge < -0.3 is 9.47 Å². The third-order valence-electron chi connectivity index (χ3n) is 2.98. The Hall–Kier alpha value is -0.613. The average molecular weight is 242 g/mol. The fourth-order valence-electron chi connectivity index (χ4n) is 1.83. The van der Waals surface area contributed by atoms with Crippen molar-refractivity contribution in [3.63, 3.8) is 0 Å². The summed E-state index contributed by atoms with van der Waals surface area (Å²) in [6.45, 7) is 12.5. The van der Waals surface area contributed by atoms with Gasteiger partial charge in [0.05, 0.1) is 6.61 Å². The molecule has 1 fully saturated rings. The van der Waals surface area contributed by atoms with Gasteiger partial charge in [0.25, 0.3) is 0 Å². The Bertz CT molecular complexity index is 285. The number of hydrogen-bond donors (Lipinski definition) is 0. The second kappa shape index (κ2) is 4.71. The van der Waals surface area contributed by atoms with E-state index in [1.165, 1.54) is 0 Å². The van der Waals surface area contributed by atoms with E-state index < -0.39 is 13.5 Å². The van der Waals surface area contributed by atoms with Crippen LogP contribution < -0.4 is 0 Å². The number of rotatable bonds is 3. The summed E-state index contributed by atoms with van der Waals surface area (Å²) in [5.41, 5.74) is -0.215. The van der Waals surface area contributed by atoms with Crippen LogP contribution in [0.1, 0.15) is 26.2 Å². The maximum absolute atomic E-state index is 11.7. The lowest BCUT2D eigenvalue weighted by Gasteiger charge is -2.44. The molecule has 0 saturated carbocycles. The Kier molecular flexibility index (Phi) is 3.96. The van der Waals surface area contributed by atoms with Crippen molar-refractivity contribution >= 4 is 14.0 Å². The Balaban J connectivity index is 2.87. The summed E-state index contributed by atoms with van der Waals surface area (Å²) in [4.78, 5) is 11.7. The minimum Gasteiger partial charge on any atom is -0.434 e. The van der Waals surface area contributed by atoms with Crippen molar-refractivity contribution in [2.75, 3.05) is 6.61 Å². The van der Waals surface area contributed by atoms with Crippen molar-refractivity contribution in [2.24, 2.45) is 0 Å². The minimum atomic E-state index is -1.72. The summed E-state index contributed by atoms with van der Waals surface area (Å²) < 4.78 is 11.4. The molecule has 0 spiro atoms. The van der Waals surface area contributed by atoms with Crippen molar-refractivity contribution in [3.05, 3.63) is 12.2 Å². The van der Waals surface area contributed by atoms with Crippen LogP contribution in [0.2, 0.25) is 19.6 Å². The van der Waals surface area contributed by atoms with E-state index in [0.717, 1.165) is 19.3 Å². The molecule has 0 N–H and O–H groups in total. The van der Waals surface area contributed by atoms with E-state index in [1.807, 2.05) is 0 Å². The highest BCUT2D eigenvalue weighted by Gasteiger charge is 2.49. The molecule has 3 nitrogen and oxygen atoms in total. The summed E-state index contributed by atoms with van der Waals surface area (Å²) >= 11 is 0. The predicted octanol–water partition coefficient (Wildman–Crippen LogP) is 2.88. The molecule has 1 aliphatic heterocycles. The van der Waals surface area contributed by atoms with Gasteiger partial charge in [0.15, 0.2) is 5.41 Å². The maximum Gasteiger partial charge on any atom is 0.335 e. The molecule has 4 heteroatoms. The quantitative estimate of drug-likeness (QED) is 0.434.